The Balaban J connectivity index is 2.25. The summed E-state index contributed by atoms with van der Waals surface area (Å²) >= 11 is 3.44. The second-order valence-electron chi connectivity index (χ2n) is 6.08. The maximum Gasteiger partial charge on any atom is 0.205 e. The Morgan fingerprint density at radius 1 is 1.42 bits per heavy atom. The number of carbonyl (C=O) groups is 1. The first-order valence-electron chi connectivity index (χ1n) is 7.63. The summed E-state index contributed by atoms with van der Waals surface area (Å²) in [5, 5.41) is 9.60. The molecule has 6 heteroatoms. The zero-order chi connectivity index (χ0) is 17.4. The Kier molecular flexibility index (Phi) is 4.37. The van der Waals surface area contributed by atoms with E-state index in [9.17, 15) is 10.1 Å². The number of benzene rings is 1. The Morgan fingerprint density at radius 3 is 2.83 bits per heavy atom. The fraction of sp³-hybridized carbons (Fsp3) is 0.333. The minimum atomic E-state index is -0.564. The van der Waals surface area contributed by atoms with Gasteiger partial charge in [0, 0.05) is 28.5 Å². The van der Waals surface area contributed by atoms with Crippen molar-refractivity contribution in [3.05, 3.63) is 51.0 Å². The lowest BCUT2D eigenvalue weighted by Crippen LogP contribution is -2.29. The molecular weight excluding hydrogens is 372 g/mol. The molecule has 5 nitrogen and oxygen atoms in total. The van der Waals surface area contributed by atoms with Crippen molar-refractivity contribution in [2.45, 2.75) is 25.7 Å². The summed E-state index contributed by atoms with van der Waals surface area (Å²) in [5.74, 6) is 0.858. The summed E-state index contributed by atoms with van der Waals surface area (Å²) in [6.07, 6.45) is 1.07. The third-order valence-electron chi connectivity index (χ3n) is 4.37. The number of halogens is 1. The van der Waals surface area contributed by atoms with Crippen LogP contribution in [-0.4, -0.2) is 12.9 Å². The number of ketones is 1. The Labute approximate surface area is 148 Å². The van der Waals surface area contributed by atoms with Crippen molar-refractivity contribution in [1.82, 2.24) is 0 Å². The molecule has 0 fully saturated rings. The van der Waals surface area contributed by atoms with Crippen molar-refractivity contribution in [3.63, 3.8) is 0 Å². The Morgan fingerprint density at radius 2 is 2.17 bits per heavy atom. The van der Waals surface area contributed by atoms with Crippen molar-refractivity contribution in [2.24, 2.45) is 11.7 Å². The topological polar surface area (TPSA) is 85.3 Å². The standard InChI is InChI=1S/C18H17BrN2O3/c1-9-5-13(22)17-15(6-9)24-18(21)12(8-20)16(17)11-7-10(19)3-4-14(11)23-2/h3-4,7,9,16H,5-6,21H2,1-2H3/t9-,16+/m1/s1. The van der Waals surface area contributed by atoms with Crippen LogP contribution >= 0.6 is 15.9 Å². The smallest absolute Gasteiger partial charge is 0.205 e. The van der Waals surface area contributed by atoms with E-state index in [0.717, 1.165) is 10.0 Å². The third kappa shape index (κ3) is 2.69. The molecule has 124 valence electrons. The van der Waals surface area contributed by atoms with Gasteiger partial charge in [0.25, 0.3) is 0 Å². The van der Waals surface area contributed by atoms with E-state index in [-0.39, 0.29) is 23.2 Å². The van der Waals surface area contributed by atoms with Gasteiger partial charge in [0.1, 0.15) is 23.2 Å². The van der Waals surface area contributed by atoms with Crippen LogP contribution in [0.5, 0.6) is 5.75 Å². The van der Waals surface area contributed by atoms with Crippen molar-refractivity contribution < 1.29 is 14.3 Å². The summed E-state index contributed by atoms with van der Waals surface area (Å²) in [4.78, 5) is 12.7. The van der Waals surface area contributed by atoms with Crippen molar-refractivity contribution in [3.8, 4) is 11.8 Å². The quantitative estimate of drug-likeness (QED) is 0.837. The fourth-order valence-electron chi connectivity index (χ4n) is 3.33. The first-order chi connectivity index (χ1) is 11.5. The molecule has 0 amide bonds. The average Bonchev–Trinajstić information content (AvgIpc) is 2.53. The summed E-state index contributed by atoms with van der Waals surface area (Å²) in [6.45, 7) is 2.00. The SMILES string of the molecule is COc1ccc(Br)cc1[C@H]1C(C#N)=C(N)OC2=C1C(=O)C[C@@H](C)C2. The van der Waals surface area contributed by atoms with Crippen LogP contribution in [-0.2, 0) is 9.53 Å². The Bertz CT molecular complexity index is 820. The number of hydrogen-bond acceptors (Lipinski definition) is 5. The van der Waals surface area contributed by atoms with Gasteiger partial charge < -0.3 is 15.2 Å². The van der Waals surface area contributed by atoms with Gasteiger partial charge in [0.15, 0.2) is 5.78 Å². The number of nitrogens with two attached hydrogens (primary N) is 1. The summed E-state index contributed by atoms with van der Waals surface area (Å²) in [5.41, 5.74) is 7.48. The van der Waals surface area contributed by atoms with Crippen LogP contribution in [0.4, 0.5) is 0 Å². The average molecular weight is 389 g/mol. The predicted molar refractivity (Wildman–Crippen MR) is 91.8 cm³/mol. The van der Waals surface area contributed by atoms with Gasteiger partial charge in [-0.1, -0.05) is 22.9 Å². The molecule has 2 aliphatic rings. The molecule has 1 aromatic rings. The van der Waals surface area contributed by atoms with Crippen molar-refractivity contribution in [1.29, 1.82) is 5.26 Å². The van der Waals surface area contributed by atoms with Gasteiger partial charge >= 0.3 is 0 Å². The highest BCUT2D eigenvalue weighted by Gasteiger charge is 2.40. The normalized spacial score (nSPS) is 23.5. The highest BCUT2D eigenvalue weighted by atomic mass is 79.9. The highest BCUT2D eigenvalue weighted by molar-refractivity contribution is 9.10. The molecule has 0 spiro atoms. The van der Waals surface area contributed by atoms with Crippen LogP contribution < -0.4 is 10.5 Å². The number of nitrogens with zero attached hydrogens (tertiary/aromatic N) is 1. The van der Waals surface area contributed by atoms with Gasteiger partial charge in [-0.2, -0.15) is 5.26 Å². The van der Waals surface area contributed by atoms with E-state index < -0.39 is 5.92 Å². The number of rotatable bonds is 2. The molecule has 24 heavy (non-hydrogen) atoms. The van der Waals surface area contributed by atoms with Gasteiger partial charge in [0.2, 0.25) is 5.88 Å². The van der Waals surface area contributed by atoms with E-state index in [1.807, 2.05) is 19.1 Å². The number of ether oxygens (including phenoxy) is 2. The van der Waals surface area contributed by atoms with E-state index in [1.54, 1.807) is 13.2 Å². The first-order valence-corrected chi connectivity index (χ1v) is 8.42. The summed E-state index contributed by atoms with van der Waals surface area (Å²) < 4.78 is 11.9. The van der Waals surface area contributed by atoms with Crippen LogP contribution in [0.25, 0.3) is 0 Å². The molecule has 0 aromatic heterocycles. The number of carbonyl (C=O) groups excluding carboxylic acids is 1. The lowest BCUT2D eigenvalue weighted by atomic mass is 9.75. The number of Topliss-reactive ketones (excluding diaryl/α,β-unsaturated/α-hetero) is 1. The van der Waals surface area contributed by atoms with E-state index in [2.05, 4.69) is 22.0 Å². The van der Waals surface area contributed by atoms with Gasteiger partial charge in [-0.05, 0) is 24.1 Å². The molecule has 2 atom stereocenters. The zero-order valence-corrected chi connectivity index (χ0v) is 15.0. The van der Waals surface area contributed by atoms with E-state index in [0.29, 0.717) is 29.9 Å². The van der Waals surface area contributed by atoms with Gasteiger partial charge in [0.05, 0.1) is 13.0 Å². The molecule has 1 aromatic carbocycles. The van der Waals surface area contributed by atoms with Gasteiger partial charge in [-0.3, -0.25) is 4.79 Å². The fourth-order valence-corrected chi connectivity index (χ4v) is 3.71. The van der Waals surface area contributed by atoms with E-state index >= 15 is 0 Å². The molecule has 0 bridgehead atoms. The maximum atomic E-state index is 12.7. The summed E-state index contributed by atoms with van der Waals surface area (Å²) in [6, 6.07) is 7.62. The molecule has 0 radical (unpaired) electrons. The third-order valence-corrected chi connectivity index (χ3v) is 4.86. The summed E-state index contributed by atoms with van der Waals surface area (Å²) in [7, 11) is 1.56. The van der Waals surface area contributed by atoms with Crippen LogP contribution in [0.1, 0.15) is 31.2 Å². The van der Waals surface area contributed by atoms with E-state index in [4.69, 9.17) is 15.2 Å². The predicted octanol–water partition coefficient (Wildman–Crippen LogP) is 3.52. The Hall–Kier alpha value is -2.26. The largest absolute Gasteiger partial charge is 0.496 e. The number of hydrogen-bond donors (Lipinski definition) is 1. The number of methoxy groups -OCH3 is 1. The molecule has 2 N–H and O–H groups in total. The van der Waals surface area contributed by atoms with Gasteiger partial charge in [-0.25, -0.2) is 0 Å². The first kappa shape index (κ1) is 16.6. The molecule has 1 heterocycles. The lowest BCUT2D eigenvalue weighted by Gasteiger charge is -2.33. The molecule has 0 unspecified atom stereocenters. The van der Waals surface area contributed by atoms with Crippen LogP contribution in [0.3, 0.4) is 0 Å². The second kappa shape index (κ2) is 6.33. The van der Waals surface area contributed by atoms with E-state index in [1.165, 1.54) is 0 Å². The number of allylic oxidation sites excluding steroid dienone is 3. The molecule has 0 saturated carbocycles. The second-order valence-corrected chi connectivity index (χ2v) is 7.00. The van der Waals surface area contributed by atoms with Crippen molar-refractivity contribution >= 4 is 21.7 Å². The molecule has 3 rings (SSSR count). The minimum absolute atomic E-state index is 0.00368. The molecule has 1 aliphatic carbocycles. The van der Waals surface area contributed by atoms with Gasteiger partial charge in [-0.15, -0.1) is 0 Å². The molecule has 1 aliphatic heterocycles. The molecular formula is C18H17BrN2O3. The number of nitriles is 1. The minimum Gasteiger partial charge on any atom is -0.496 e. The van der Waals surface area contributed by atoms with Crippen LogP contribution in [0.2, 0.25) is 0 Å². The molecule has 0 saturated heterocycles. The highest BCUT2D eigenvalue weighted by Crippen LogP contribution is 2.47. The zero-order valence-electron chi connectivity index (χ0n) is 13.4. The van der Waals surface area contributed by atoms with Crippen LogP contribution in [0, 0.1) is 17.2 Å². The maximum absolute atomic E-state index is 12.7. The van der Waals surface area contributed by atoms with Crippen LogP contribution in [0.15, 0.2) is 45.5 Å². The van der Waals surface area contributed by atoms with Crippen molar-refractivity contribution in [2.75, 3.05) is 7.11 Å². The monoisotopic (exact) mass is 388 g/mol. The lowest BCUT2D eigenvalue weighted by molar-refractivity contribution is -0.117.